The molecular weight excluding hydrogens is 325 g/mol. The quantitative estimate of drug-likeness (QED) is 0.743. The number of rotatable bonds is 5. The van der Waals surface area contributed by atoms with Crippen LogP contribution in [-0.2, 0) is 7.05 Å². The Kier molecular flexibility index (Phi) is 4.26. The number of carbonyl (C=O) groups excluding carboxylic acids is 1. The highest BCUT2D eigenvalue weighted by molar-refractivity contribution is 5.99. The van der Waals surface area contributed by atoms with E-state index in [2.05, 4.69) is 15.3 Å². The van der Waals surface area contributed by atoms with Gasteiger partial charge in [0.2, 0.25) is 0 Å². The van der Waals surface area contributed by atoms with E-state index < -0.39 is 11.7 Å². The third-order valence-electron chi connectivity index (χ3n) is 3.63. The molecule has 0 aliphatic carbocycles. The second-order valence-corrected chi connectivity index (χ2v) is 5.84. The van der Waals surface area contributed by atoms with Crippen LogP contribution < -0.4 is 15.8 Å². The zero-order chi connectivity index (χ0) is 18.1. The molecule has 130 valence electrons. The molecular formula is C17H18FN5O2. The topological polar surface area (TPSA) is 95.1 Å². The first kappa shape index (κ1) is 16.7. The van der Waals surface area contributed by atoms with Crippen molar-refractivity contribution in [2.75, 3.05) is 5.32 Å². The van der Waals surface area contributed by atoms with E-state index in [9.17, 15) is 9.18 Å². The van der Waals surface area contributed by atoms with Crippen LogP contribution in [0.3, 0.4) is 0 Å². The van der Waals surface area contributed by atoms with Crippen molar-refractivity contribution >= 4 is 28.4 Å². The number of hydrogen-bond donors (Lipinski definition) is 2. The first-order chi connectivity index (χ1) is 11.9. The largest absolute Gasteiger partial charge is 0.489 e. The maximum absolute atomic E-state index is 13.6. The molecule has 3 rings (SSSR count). The average molecular weight is 343 g/mol. The van der Waals surface area contributed by atoms with E-state index in [1.54, 1.807) is 23.7 Å². The van der Waals surface area contributed by atoms with Crippen molar-refractivity contribution in [1.82, 2.24) is 14.5 Å². The Morgan fingerprint density at radius 3 is 2.76 bits per heavy atom. The van der Waals surface area contributed by atoms with Crippen molar-refractivity contribution in [3.05, 3.63) is 42.1 Å². The lowest BCUT2D eigenvalue weighted by molar-refractivity contribution is 0.0993. The van der Waals surface area contributed by atoms with Gasteiger partial charge in [-0.15, -0.1) is 0 Å². The van der Waals surface area contributed by atoms with Crippen LogP contribution in [0.2, 0.25) is 0 Å². The molecule has 3 N–H and O–H groups in total. The van der Waals surface area contributed by atoms with Gasteiger partial charge in [0.05, 0.1) is 17.3 Å². The number of benzene rings is 1. The number of nitrogens with one attached hydrogen (secondary N) is 1. The first-order valence-electron chi connectivity index (χ1n) is 7.70. The molecule has 0 atom stereocenters. The fourth-order valence-electron chi connectivity index (χ4n) is 2.58. The summed E-state index contributed by atoms with van der Waals surface area (Å²) in [6, 6.07) is 5.80. The predicted molar refractivity (Wildman–Crippen MR) is 92.5 cm³/mol. The second-order valence-electron chi connectivity index (χ2n) is 5.84. The molecule has 2 heterocycles. The Bertz CT molecular complexity index is 952. The van der Waals surface area contributed by atoms with Crippen LogP contribution in [0.4, 0.5) is 15.9 Å². The Hall–Kier alpha value is -3.16. The minimum absolute atomic E-state index is 0.121. The van der Waals surface area contributed by atoms with Gasteiger partial charge in [0, 0.05) is 13.1 Å². The maximum atomic E-state index is 13.6. The van der Waals surface area contributed by atoms with Gasteiger partial charge in [0.1, 0.15) is 29.1 Å². The average Bonchev–Trinajstić information content (AvgIpc) is 2.88. The van der Waals surface area contributed by atoms with Crippen LogP contribution in [0.25, 0.3) is 11.0 Å². The third kappa shape index (κ3) is 3.23. The molecule has 0 saturated heterocycles. The number of carbonyl (C=O) groups is 1. The summed E-state index contributed by atoms with van der Waals surface area (Å²) in [6.07, 6.45) is 1.26. The summed E-state index contributed by atoms with van der Waals surface area (Å²) in [4.78, 5) is 19.9. The smallest absolute Gasteiger partial charge is 0.265 e. The van der Waals surface area contributed by atoms with Gasteiger partial charge in [-0.05, 0) is 32.0 Å². The Labute approximate surface area is 143 Å². The van der Waals surface area contributed by atoms with Gasteiger partial charge in [0.25, 0.3) is 5.91 Å². The van der Waals surface area contributed by atoms with Crippen molar-refractivity contribution in [2.45, 2.75) is 20.0 Å². The van der Waals surface area contributed by atoms with Crippen LogP contribution in [0.1, 0.15) is 24.3 Å². The summed E-state index contributed by atoms with van der Waals surface area (Å²) in [5, 5.41) is 3.13. The molecule has 0 saturated carbocycles. The predicted octanol–water partition coefficient (Wildman–Crippen LogP) is 2.74. The highest BCUT2D eigenvalue weighted by atomic mass is 19.1. The van der Waals surface area contributed by atoms with E-state index in [1.807, 2.05) is 13.8 Å². The van der Waals surface area contributed by atoms with Gasteiger partial charge in [-0.25, -0.2) is 14.4 Å². The third-order valence-corrected chi connectivity index (χ3v) is 3.63. The van der Waals surface area contributed by atoms with Crippen molar-refractivity contribution in [1.29, 1.82) is 0 Å². The van der Waals surface area contributed by atoms with E-state index in [4.69, 9.17) is 10.5 Å². The Morgan fingerprint density at radius 1 is 1.32 bits per heavy atom. The van der Waals surface area contributed by atoms with Gasteiger partial charge < -0.3 is 20.4 Å². The van der Waals surface area contributed by atoms with Crippen LogP contribution in [-0.4, -0.2) is 26.5 Å². The molecule has 0 aliphatic heterocycles. The Morgan fingerprint density at radius 2 is 2.08 bits per heavy atom. The summed E-state index contributed by atoms with van der Waals surface area (Å²) >= 11 is 0. The minimum Gasteiger partial charge on any atom is -0.489 e. The van der Waals surface area contributed by atoms with Gasteiger partial charge in [-0.2, -0.15) is 0 Å². The summed E-state index contributed by atoms with van der Waals surface area (Å²) in [6.45, 7) is 3.71. The number of hydrogen-bond acceptors (Lipinski definition) is 5. The fraction of sp³-hybridized carbons (Fsp3) is 0.235. The zero-order valence-electron chi connectivity index (χ0n) is 14.1. The SMILES string of the molecule is CC(C)Oc1cc(F)ccc1Nc1ncnc2cc(C(N)=O)n(C)c12. The normalized spacial score (nSPS) is 11.1. The number of halogens is 1. The lowest BCUT2D eigenvalue weighted by Crippen LogP contribution is -2.15. The van der Waals surface area contributed by atoms with E-state index in [1.165, 1.54) is 18.5 Å². The van der Waals surface area contributed by atoms with E-state index in [0.717, 1.165) is 0 Å². The number of ether oxygens (including phenoxy) is 1. The molecule has 1 amide bonds. The van der Waals surface area contributed by atoms with E-state index in [0.29, 0.717) is 34.0 Å². The number of aryl methyl sites for hydroxylation is 1. The van der Waals surface area contributed by atoms with Gasteiger partial charge in [-0.3, -0.25) is 4.79 Å². The number of anilines is 2. The molecule has 8 heteroatoms. The number of primary amides is 1. The molecule has 2 aromatic heterocycles. The van der Waals surface area contributed by atoms with E-state index >= 15 is 0 Å². The molecule has 0 unspecified atom stereocenters. The van der Waals surface area contributed by atoms with Crippen LogP contribution in [0.5, 0.6) is 5.75 Å². The summed E-state index contributed by atoms with van der Waals surface area (Å²) in [7, 11) is 1.70. The van der Waals surface area contributed by atoms with Crippen LogP contribution in [0.15, 0.2) is 30.6 Å². The lowest BCUT2D eigenvalue weighted by Gasteiger charge is -2.16. The maximum Gasteiger partial charge on any atom is 0.265 e. The summed E-state index contributed by atoms with van der Waals surface area (Å²) in [5.74, 6) is -0.132. The van der Waals surface area contributed by atoms with Gasteiger partial charge in [-0.1, -0.05) is 0 Å². The highest BCUT2D eigenvalue weighted by Crippen LogP contribution is 2.31. The van der Waals surface area contributed by atoms with Crippen molar-refractivity contribution in [3.63, 3.8) is 0 Å². The van der Waals surface area contributed by atoms with Gasteiger partial charge >= 0.3 is 0 Å². The molecule has 0 radical (unpaired) electrons. The lowest BCUT2D eigenvalue weighted by atomic mass is 10.2. The molecule has 25 heavy (non-hydrogen) atoms. The number of nitrogens with two attached hydrogens (primary N) is 1. The molecule has 0 aliphatic rings. The molecule has 1 aromatic carbocycles. The molecule has 7 nitrogen and oxygen atoms in total. The monoisotopic (exact) mass is 343 g/mol. The summed E-state index contributed by atoms with van der Waals surface area (Å²) in [5.41, 5.74) is 7.43. The number of amides is 1. The van der Waals surface area contributed by atoms with Gasteiger partial charge in [0.15, 0.2) is 5.82 Å². The summed E-state index contributed by atoms with van der Waals surface area (Å²) < 4.78 is 20.8. The molecule has 0 spiro atoms. The molecule has 0 fully saturated rings. The highest BCUT2D eigenvalue weighted by Gasteiger charge is 2.17. The minimum atomic E-state index is -0.558. The molecule has 3 aromatic rings. The molecule has 0 bridgehead atoms. The number of fused-ring (bicyclic) bond motifs is 1. The van der Waals surface area contributed by atoms with E-state index in [-0.39, 0.29) is 6.10 Å². The first-order valence-corrected chi connectivity index (χ1v) is 7.70. The van der Waals surface area contributed by atoms with Crippen LogP contribution >= 0.6 is 0 Å². The van der Waals surface area contributed by atoms with Crippen LogP contribution in [0, 0.1) is 5.82 Å². The zero-order valence-corrected chi connectivity index (χ0v) is 14.1. The number of nitrogens with zero attached hydrogens (tertiary/aromatic N) is 3. The standard InChI is InChI=1S/C17H18FN5O2/c1-9(2)25-14-6-10(18)4-5-11(14)22-17-15-12(20-8-21-17)7-13(16(19)24)23(15)3/h4-9H,1-3H3,(H2,19,24)(H,20,21,22). The van der Waals surface area contributed by atoms with Crippen molar-refractivity contribution in [2.24, 2.45) is 12.8 Å². The number of aromatic nitrogens is 3. The second kappa shape index (κ2) is 6.39. The Balaban J connectivity index is 2.08. The fourth-order valence-corrected chi connectivity index (χ4v) is 2.58. The van der Waals surface area contributed by atoms with Crippen molar-refractivity contribution in [3.8, 4) is 5.75 Å². The van der Waals surface area contributed by atoms with Crippen molar-refractivity contribution < 1.29 is 13.9 Å².